The Hall–Kier alpha value is -2.59. The van der Waals surface area contributed by atoms with Crippen molar-refractivity contribution in [2.75, 3.05) is 0 Å². The molecule has 4 rings (SSSR count). The molecule has 0 unspecified atom stereocenters. The molecule has 124 valence electrons. The zero-order chi connectivity index (χ0) is 17.4. The second-order valence-electron chi connectivity index (χ2n) is 6.25. The van der Waals surface area contributed by atoms with Gasteiger partial charge >= 0.3 is 0 Å². The summed E-state index contributed by atoms with van der Waals surface area (Å²) in [6, 6.07) is 21.8. The molecule has 3 aromatic carbocycles. The number of hydrogen-bond acceptors (Lipinski definition) is 3. The van der Waals surface area contributed by atoms with E-state index in [4.69, 9.17) is 4.98 Å². The molecule has 0 N–H and O–H groups in total. The van der Waals surface area contributed by atoms with Crippen LogP contribution in [0.4, 0.5) is 0 Å². The zero-order valence-corrected chi connectivity index (χ0v) is 15.0. The minimum absolute atomic E-state index is 0.0240. The van der Waals surface area contributed by atoms with Crippen molar-refractivity contribution >= 4 is 33.4 Å². The SMILES string of the molecule is CC(C)Sc1nc2ccccc2c(=O)n1-c1ccc2ccccc2c1. The Morgan fingerprint density at radius 2 is 1.64 bits per heavy atom. The highest BCUT2D eigenvalue weighted by Gasteiger charge is 2.14. The van der Waals surface area contributed by atoms with Gasteiger partial charge in [-0.25, -0.2) is 4.98 Å². The summed E-state index contributed by atoms with van der Waals surface area (Å²) in [5.74, 6) is 0. The Bertz CT molecular complexity index is 1130. The summed E-state index contributed by atoms with van der Waals surface area (Å²) in [6.07, 6.45) is 0. The molecule has 4 heteroatoms. The van der Waals surface area contributed by atoms with Gasteiger partial charge in [0.25, 0.3) is 5.56 Å². The van der Waals surface area contributed by atoms with Gasteiger partial charge in [0.1, 0.15) is 0 Å². The molecular weight excluding hydrogens is 328 g/mol. The van der Waals surface area contributed by atoms with Crippen molar-refractivity contribution in [2.24, 2.45) is 0 Å². The summed E-state index contributed by atoms with van der Waals surface area (Å²) in [5.41, 5.74) is 1.57. The highest BCUT2D eigenvalue weighted by molar-refractivity contribution is 7.99. The maximum Gasteiger partial charge on any atom is 0.266 e. The molecule has 0 fully saturated rings. The van der Waals surface area contributed by atoms with Gasteiger partial charge in [-0.2, -0.15) is 0 Å². The third-order valence-corrected chi connectivity index (χ3v) is 5.03. The minimum atomic E-state index is -0.0240. The van der Waals surface area contributed by atoms with E-state index < -0.39 is 0 Å². The van der Waals surface area contributed by atoms with Crippen LogP contribution in [0.1, 0.15) is 13.8 Å². The molecule has 0 aliphatic carbocycles. The molecule has 3 nitrogen and oxygen atoms in total. The van der Waals surface area contributed by atoms with Crippen LogP contribution in [0.2, 0.25) is 0 Å². The number of fused-ring (bicyclic) bond motifs is 2. The van der Waals surface area contributed by atoms with Crippen molar-refractivity contribution in [3.63, 3.8) is 0 Å². The van der Waals surface area contributed by atoms with E-state index in [-0.39, 0.29) is 5.56 Å². The van der Waals surface area contributed by atoms with Crippen molar-refractivity contribution in [1.82, 2.24) is 9.55 Å². The van der Waals surface area contributed by atoms with Gasteiger partial charge in [0.15, 0.2) is 5.16 Å². The summed E-state index contributed by atoms with van der Waals surface area (Å²) in [5, 5.41) is 3.98. The van der Waals surface area contributed by atoms with Gasteiger partial charge in [-0.05, 0) is 35.0 Å². The van der Waals surface area contributed by atoms with Gasteiger partial charge in [0, 0.05) is 5.25 Å². The molecule has 1 aromatic heterocycles. The first kappa shape index (κ1) is 15.9. The van der Waals surface area contributed by atoms with E-state index in [2.05, 4.69) is 38.1 Å². The van der Waals surface area contributed by atoms with Crippen LogP contribution in [0.25, 0.3) is 27.4 Å². The number of nitrogens with zero attached hydrogens (tertiary/aromatic N) is 2. The van der Waals surface area contributed by atoms with Crippen molar-refractivity contribution in [3.8, 4) is 5.69 Å². The number of rotatable bonds is 3. The lowest BCUT2D eigenvalue weighted by molar-refractivity contribution is 0.817. The fourth-order valence-corrected chi connectivity index (χ4v) is 3.81. The van der Waals surface area contributed by atoms with Crippen molar-refractivity contribution in [2.45, 2.75) is 24.3 Å². The average molecular weight is 346 g/mol. The van der Waals surface area contributed by atoms with E-state index in [1.807, 2.05) is 42.5 Å². The van der Waals surface area contributed by atoms with Crippen LogP contribution in [0.15, 0.2) is 76.7 Å². The summed E-state index contributed by atoms with van der Waals surface area (Å²) in [6.45, 7) is 4.22. The van der Waals surface area contributed by atoms with Crippen molar-refractivity contribution in [3.05, 3.63) is 77.1 Å². The Kier molecular flexibility index (Phi) is 4.06. The second-order valence-corrected chi connectivity index (χ2v) is 7.79. The Morgan fingerprint density at radius 1 is 0.920 bits per heavy atom. The van der Waals surface area contributed by atoms with E-state index in [0.717, 1.165) is 27.1 Å². The predicted molar refractivity (Wildman–Crippen MR) is 106 cm³/mol. The quantitative estimate of drug-likeness (QED) is 0.385. The number of para-hydroxylation sites is 1. The lowest BCUT2D eigenvalue weighted by Crippen LogP contribution is -2.22. The fourth-order valence-electron chi connectivity index (χ4n) is 2.95. The highest BCUT2D eigenvalue weighted by Crippen LogP contribution is 2.26. The summed E-state index contributed by atoms with van der Waals surface area (Å²) in [7, 11) is 0. The van der Waals surface area contributed by atoms with Gasteiger partial charge in [-0.1, -0.05) is 68.1 Å². The third kappa shape index (κ3) is 2.94. The smallest absolute Gasteiger partial charge is 0.266 e. The topological polar surface area (TPSA) is 34.9 Å². The normalized spacial score (nSPS) is 11.5. The van der Waals surface area contributed by atoms with E-state index in [9.17, 15) is 4.79 Å². The van der Waals surface area contributed by atoms with Crippen LogP contribution >= 0.6 is 11.8 Å². The molecule has 0 saturated heterocycles. The first-order valence-electron chi connectivity index (χ1n) is 8.31. The molecule has 0 bridgehead atoms. The fraction of sp³-hybridized carbons (Fsp3) is 0.143. The van der Waals surface area contributed by atoms with Crippen LogP contribution in [-0.2, 0) is 0 Å². The maximum atomic E-state index is 13.2. The lowest BCUT2D eigenvalue weighted by atomic mass is 10.1. The van der Waals surface area contributed by atoms with Crippen LogP contribution in [0, 0.1) is 0 Å². The number of aromatic nitrogens is 2. The summed E-state index contributed by atoms with van der Waals surface area (Å²) >= 11 is 1.61. The first-order chi connectivity index (χ1) is 12.1. The number of benzene rings is 3. The van der Waals surface area contributed by atoms with Crippen molar-refractivity contribution < 1.29 is 0 Å². The summed E-state index contributed by atoms with van der Waals surface area (Å²) in [4.78, 5) is 17.9. The standard InChI is InChI=1S/C21H18N2OS/c1-14(2)25-21-22-19-10-6-5-9-18(19)20(24)23(21)17-12-11-15-7-3-4-8-16(15)13-17/h3-14H,1-2H3. The highest BCUT2D eigenvalue weighted by atomic mass is 32.2. The number of hydrogen-bond donors (Lipinski definition) is 0. The average Bonchev–Trinajstić information content (AvgIpc) is 2.61. The molecule has 25 heavy (non-hydrogen) atoms. The van der Waals surface area contributed by atoms with E-state index in [1.165, 1.54) is 0 Å². The summed E-state index contributed by atoms with van der Waals surface area (Å²) < 4.78 is 1.74. The van der Waals surface area contributed by atoms with Crippen LogP contribution in [0.5, 0.6) is 0 Å². The molecular formula is C21H18N2OS. The van der Waals surface area contributed by atoms with E-state index >= 15 is 0 Å². The Morgan fingerprint density at radius 3 is 2.44 bits per heavy atom. The first-order valence-corrected chi connectivity index (χ1v) is 9.19. The molecule has 0 atom stereocenters. The zero-order valence-electron chi connectivity index (χ0n) is 14.1. The molecule has 0 amide bonds. The molecule has 1 heterocycles. The van der Waals surface area contributed by atoms with Gasteiger partial charge in [-0.3, -0.25) is 9.36 Å². The molecule has 0 aliphatic rings. The van der Waals surface area contributed by atoms with Crippen LogP contribution in [0.3, 0.4) is 0 Å². The molecule has 0 spiro atoms. The molecule has 0 aliphatic heterocycles. The minimum Gasteiger partial charge on any atom is -0.268 e. The van der Waals surface area contributed by atoms with Crippen LogP contribution in [-0.4, -0.2) is 14.8 Å². The maximum absolute atomic E-state index is 13.2. The Balaban J connectivity index is 2.03. The number of thioether (sulfide) groups is 1. The van der Waals surface area contributed by atoms with Gasteiger partial charge in [0.05, 0.1) is 16.6 Å². The van der Waals surface area contributed by atoms with Gasteiger partial charge in [0.2, 0.25) is 0 Å². The van der Waals surface area contributed by atoms with Gasteiger partial charge < -0.3 is 0 Å². The predicted octanol–water partition coefficient (Wildman–Crippen LogP) is 5.04. The second kappa shape index (κ2) is 6.37. The van der Waals surface area contributed by atoms with E-state index in [1.54, 1.807) is 16.3 Å². The van der Waals surface area contributed by atoms with E-state index in [0.29, 0.717) is 10.6 Å². The van der Waals surface area contributed by atoms with Gasteiger partial charge in [-0.15, -0.1) is 0 Å². The van der Waals surface area contributed by atoms with Crippen LogP contribution < -0.4 is 5.56 Å². The third-order valence-electron chi connectivity index (χ3n) is 4.08. The molecule has 0 radical (unpaired) electrons. The lowest BCUT2D eigenvalue weighted by Gasteiger charge is -2.15. The largest absolute Gasteiger partial charge is 0.268 e. The Labute approximate surface area is 150 Å². The molecule has 4 aromatic rings. The van der Waals surface area contributed by atoms with Crippen molar-refractivity contribution in [1.29, 1.82) is 0 Å². The monoisotopic (exact) mass is 346 g/mol. The molecule has 0 saturated carbocycles.